The Morgan fingerprint density at radius 1 is 1.29 bits per heavy atom. The van der Waals surface area contributed by atoms with Gasteiger partial charge in [-0.15, -0.1) is 24.0 Å². The highest BCUT2D eigenvalue weighted by Crippen LogP contribution is 2.18. The predicted molar refractivity (Wildman–Crippen MR) is 108 cm³/mol. The molecule has 134 valence electrons. The number of guanidine groups is 1. The number of hydrogen-bond donors (Lipinski definition) is 1. The summed E-state index contributed by atoms with van der Waals surface area (Å²) in [5.74, 6) is 0.860. The molecule has 1 heterocycles. The van der Waals surface area contributed by atoms with E-state index in [0.29, 0.717) is 6.54 Å². The van der Waals surface area contributed by atoms with Gasteiger partial charge in [0.25, 0.3) is 0 Å². The second kappa shape index (κ2) is 10.5. The number of methoxy groups -OCH3 is 1. The Balaban J connectivity index is 0.00000288. The second-order valence-electron chi connectivity index (χ2n) is 5.94. The molecule has 6 heteroatoms. The van der Waals surface area contributed by atoms with Gasteiger partial charge in [-0.3, -0.25) is 4.79 Å². The summed E-state index contributed by atoms with van der Waals surface area (Å²) in [4.78, 5) is 18.6. The summed E-state index contributed by atoms with van der Waals surface area (Å²) in [6.45, 7) is 7.33. The Kier molecular flexibility index (Phi) is 9.10. The first-order valence-corrected chi connectivity index (χ1v) is 8.30. The Morgan fingerprint density at radius 3 is 2.46 bits per heavy atom. The number of piperidine rings is 1. The lowest BCUT2D eigenvalue weighted by atomic mass is 9.97. The maximum Gasteiger partial charge on any atom is 0.308 e. The number of nitrogens with one attached hydrogen (secondary N) is 1. The summed E-state index contributed by atoms with van der Waals surface area (Å²) in [5.41, 5.74) is 2.46. The van der Waals surface area contributed by atoms with Crippen molar-refractivity contribution in [1.29, 1.82) is 0 Å². The second-order valence-corrected chi connectivity index (χ2v) is 5.94. The van der Waals surface area contributed by atoms with Gasteiger partial charge in [0.15, 0.2) is 5.96 Å². The van der Waals surface area contributed by atoms with Crippen molar-refractivity contribution in [3.8, 4) is 0 Å². The van der Waals surface area contributed by atoms with E-state index in [2.05, 4.69) is 48.3 Å². The fourth-order valence-electron chi connectivity index (χ4n) is 2.78. The lowest BCUT2D eigenvalue weighted by molar-refractivity contribution is -0.146. The van der Waals surface area contributed by atoms with Crippen molar-refractivity contribution in [1.82, 2.24) is 10.2 Å². The van der Waals surface area contributed by atoms with Crippen LogP contribution < -0.4 is 5.32 Å². The molecular weight excluding hydrogens is 417 g/mol. The third kappa shape index (κ3) is 5.96. The van der Waals surface area contributed by atoms with Gasteiger partial charge in [-0.25, -0.2) is 4.99 Å². The van der Waals surface area contributed by atoms with Crippen LogP contribution in [0.15, 0.2) is 29.3 Å². The van der Waals surface area contributed by atoms with Crippen LogP contribution in [0.3, 0.4) is 0 Å². The van der Waals surface area contributed by atoms with Crippen molar-refractivity contribution in [3.05, 3.63) is 35.4 Å². The number of hydrogen-bond acceptors (Lipinski definition) is 3. The molecule has 5 nitrogen and oxygen atoms in total. The van der Waals surface area contributed by atoms with Crippen LogP contribution in [0.4, 0.5) is 0 Å². The van der Waals surface area contributed by atoms with Crippen LogP contribution in [0.5, 0.6) is 0 Å². The van der Waals surface area contributed by atoms with Gasteiger partial charge in [-0.05, 0) is 32.3 Å². The molecule has 2 rings (SSSR count). The van der Waals surface area contributed by atoms with E-state index < -0.39 is 0 Å². The molecule has 0 atom stereocenters. The normalized spacial score (nSPS) is 15.6. The van der Waals surface area contributed by atoms with Crippen molar-refractivity contribution in [2.24, 2.45) is 10.9 Å². The largest absolute Gasteiger partial charge is 0.469 e. The first kappa shape index (κ1) is 20.7. The number of halogens is 1. The number of carbonyl (C=O) groups excluding carboxylic acids is 1. The Labute approximate surface area is 161 Å². The molecule has 0 amide bonds. The van der Waals surface area contributed by atoms with Gasteiger partial charge < -0.3 is 15.0 Å². The molecule has 1 aromatic carbocycles. The van der Waals surface area contributed by atoms with E-state index in [1.165, 1.54) is 18.2 Å². The summed E-state index contributed by atoms with van der Waals surface area (Å²) in [6.07, 6.45) is 1.64. The average molecular weight is 445 g/mol. The van der Waals surface area contributed by atoms with Gasteiger partial charge in [-0.1, -0.05) is 29.8 Å². The third-order valence-corrected chi connectivity index (χ3v) is 4.20. The van der Waals surface area contributed by atoms with E-state index in [9.17, 15) is 4.79 Å². The maximum atomic E-state index is 11.6. The summed E-state index contributed by atoms with van der Waals surface area (Å²) in [6, 6.07) is 8.46. The maximum absolute atomic E-state index is 11.6. The van der Waals surface area contributed by atoms with Crippen molar-refractivity contribution in [2.45, 2.75) is 33.2 Å². The van der Waals surface area contributed by atoms with Crippen molar-refractivity contribution in [2.75, 3.05) is 26.7 Å². The zero-order valence-electron chi connectivity index (χ0n) is 14.7. The molecule has 1 aromatic rings. The molecule has 0 radical (unpaired) electrons. The molecule has 0 aliphatic carbocycles. The van der Waals surface area contributed by atoms with Crippen LogP contribution >= 0.6 is 24.0 Å². The van der Waals surface area contributed by atoms with Crippen LogP contribution in [-0.2, 0) is 16.1 Å². The monoisotopic (exact) mass is 445 g/mol. The number of aryl methyl sites for hydroxylation is 1. The molecule has 1 aliphatic heterocycles. The molecule has 0 saturated carbocycles. The van der Waals surface area contributed by atoms with Crippen LogP contribution in [0.2, 0.25) is 0 Å². The van der Waals surface area contributed by atoms with Crippen LogP contribution in [-0.4, -0.2) is 43.6 Å². The number of aliphatic imine (C=N–C) groups is 1. The topological polar surface area (TPSA) is 53.9 Å². The molecule has 1 fully saturated rings. The number of nitrogens with zero attached hydrogens (tertiary/aromatic N) is 2. The first-order chi connectivity index (χ1) is 11.1. The van der Waals surface area contributed by atoms with Crippen molar-refractivity contribution < 1.29 is 9.53 Å². The summed E-state index contributed by atoms with van der Waals surface area (Å²) >= 11 is 0. The Hall–Kier alpha value is -1.31. The number of esters is 1. The highest BCUT2D eigenvalue weighted by atomic mass is 127. The molecular formula is C18H28IN3O2. The van der Waals surface area contributed by atoms with E-state index in [0.717, 1.165) is 38.4 Å². The number of carbonyl (C=O) groups is 1. The molecule has 0 unspecified atom stereocenters. The van der Waals surface area contributed by atoms with E-state index in [1.54, 1.807) is 0 Å². The highest BCUT2D eigenvalue weighted by molar-refractivity contribution is 14.0. The summed E-state index contributed by atoms with van der Waals surface area (Å²) in [5, 5.41) is 3.35. The van der Waals surface area contributed by atoms with Gasteiger partial charge >= 0.3 is 5.97 Å². The van der Waals surface area contributed by atoms with Gasteiger partial charge in [0, 0.05) is 19.6 Å². The van der Waals surface area contributed by atoms with Crippen molar-refractivity contribution >= 4 is 35.9 Å². The quantitative estimate of drug-likeness (QED) is 0.335. The minimum Gasteiger partial charge on any atom is -0.469 e. The fourth-order valence-corrected chi connectivity index (χ4v) is 2.78. The number of likely N-dealkylation sites (tertiary alicyclic amines) is 1. The molecule has 1 aliphatic rings. The smallest absolute Gasteiger partial charge is 0.308 e. The molecule has 1 saturated heterocycles. The summed E-state index contributed by atoms with van der Waals surface area (Å²) < 4.78 is 4.84. The minimum atomic E-state index is -0.0914. The van der Waals surface area contributed by atoms with Gasteiger partial charge in [0.1, 0.15) is 0 Å². The molecule has 1 N–H and O–H groups in total. The van der Waals surface area contributed by atoms with E-state index in [1.807, 2.05) is 0 Å². The van der Waals surface area contributed by atoms with Crippen LogP contribution in [0.25, 0.3) is 0 Å². The van der Waals surface area contributed by atoms with Gasteiger partial charge in [0.2, 0.25) is 0 Å². The minimum absolute atomic E-state index is 0. The zero-order chi connectivity index (χ0) is 16.7. The van der Waals surface area contributed by atoms with E-state index >= 15 is 0 Å². The lowest BCUT2D eigenvalue weighted by Gasteiger charge is -2.33. The Bertz CT molecular complexity index is 538. The van der Waals surface area contributed by atoms with Gasteiger partial charge in [0.05, 0.1) is 19.6 Å². The lowest BCUT2D eigenvalue weighted by Crippen LogP contribution is -2.46. The highest BCUT2D eigenvalue weighted by Gasteiger charge is 2.26. The summed E-state index contributed by atoms with van der Waals surface area (Å²) in [7, 11) is 1.46. The molecule has 0 bridgehead atoms. The molecule has 24 heavy (non-hydrogen) atoms. The first-order valence-electron chi connectivity index (χ1n) is 8.30. The number of benzene rings is 1. The molecule has 0 spiro atoms. The van der Waals surface area contributed by atoms with Gasteiger partial charge in [-0.2, -0.15) is 0 Å². The molecule has 0 aromatic heterocycles. The van der Waals surface area contributed by atoms with E-state index in [4.69, 9.17) is 9.73 Å². The Morgan fingerprint density at radius 2 is 1.92 bits per heavy atom. The predicted octanol–water partition coefficient (Wildman–Crippen LogP) is 2.96. The third-order valence-electron chi connectivity index (χ3n) is 4.20. The standard InChI is InChI=1S/C18H27N3O2.HI/c1-4-19-18(20-13-15-7-5-14(2)6-8-15)21-11-9-16(10-12-21)17(22)23-3;/h5-8,16H,4,9-13H2,1-3H3,(H,19,20);1H. The number of ether oxygens (including phenoxy) is 1. The average Bonchev–Trinajstić information content (AvgIpc) is 2.59. The fraction of sp³-hybridized carbons (Fsp3) is 0.556. The van der Waals surface area contributed by atoms with E-state index in [-0.39, 0.29) is 35.9 Å². The number of rotatable bonds is 4. The SMILES string of the molecule is CCNC(=NCc1ccc(C)cc1)N1CCC(C(=O)OC)CC1.I. The van der Waals surface area contributed by atoms with Crippen molar-refractivity contribution in [3.63, 3.8) is 0 Å². The van der Waals surface area contributed by atoms with Crippen LogP contribution in [0.1, 0.15) is 30.9 Å². The van der Waals surface area contributed by atoms with Crippen LogP contribution in [0, 0.1) is 12.8 Å². The zero-order valence-corrected chi connectivity index (χ0v) is 17.1.